The number of hydrogen-bond donors (Lipinski definition) is 5. The number of nitrogens with two attached hydrogens (primary N) is 3. The highest BCUT2D eigenvalue weighted by Gasteiger charge is 2.17. The first-order chi connectivity index (χ1) is 18.2. The molecule has 1 aromatic carbocycles. The van der Waals surface area contributed by atoms with Crippen LogP contribution >= 0.6 is 0 Å². The molecular weight excluding hydrogens is 489 g/mol. The first kappa shape index (κ1) is 28.3. The topological polar surface area (TPSA) is 179 Å². The maximum absolute atomic E-state index is 15.1. The Morgan fingerprint density at radius 1 is 0.895 bits per heavy atom. The molecule has 3 rings (SSSR count). The molecule has 0 radical (unpaired) electrons. The second-order valence-electron chi connectivity index (χ2n) is 9.23. The third kappa shape index (κ3) is 7.61. The van der Waals surface area contributed by atoms with Crippen molar-refractivity contribution in [2.24, 2.45) is 5.73 Å². The van der Waals surface area contributed by atoms with Gasteiger partial charge < -0.3 is 27.8 Å². The number of hydrogen-bond acceptors (Lipinski definition) is 7. The summed E-state index contributed by atoms with van der Waals surface area (Å²) in [6.07, 6.45) is 8.97. The number of benzene rings is 1. The minimum absolute atomic E-state index is 0.0543. The SMILES string of the molecule is Cc1c(N)cncc1-c1cc2cc(NC(=O)CCCC(=O)NCCCCCCC(N)=O)ncc2c(N)c1F. The number of carbonyl (C=O) groups excluding carboxylic acids is 3. The fourth-order valence-corrected chi connectivity index (χ4v) is 4.08. The summed E-state index contributed by atoms with van der Waals surface area (Å²) in [6, 6.07) is 3.25. The van der Waals surface area contributed by atoms with Crippen LogP contribution in [0.5, 0.6) is 0 Å². The second-order valence-corrected chi connectivity index (χ2v) is 9.23. The zero-order valence-electron chi connectivity index (χ0n) is 21.5. The second kappa shape index (κ2) is 13.3. The first-order valence-corrected chi connectivity index (χ1v) is 12.6. The molecule has 10 nitrogen and oxygen atoms in total. The van der Waals surface area contributed by atoms with Crippen LogP contribution in [0.15, 0.2) is 30.7 Å². The van der Waals surface area contributed by atoms with E-state index in [1.807, 2.05) is 0 Å². The van der Waals surface area contributed by atoms with Gasteiger partial charge in [-0.05, 0) is 49.3 Å². The van der Waals surface area contributed by atoms with Gasteiger partial charge in [-0.15, -0.1) is 0 Å². The summed E-state index contributed by atoms with van der Waals surface area (Å²) in [5.41, 5.74) is 18.9. The van der Waals surface area contributed by atoms with Crippen LogP contribution < -0.4 is 27.8 Å². The lowest BCUT2D eigenvalue weighted by molar-refractivity contribution is -0.121. The van der Waals surface area contributed by atoms with Crippen LogP contribution in [-0.4, -0.2) is 34.2 Å². The minimum Gasteiger partial charge on any atom is -0.397 e. The molecule has 0 saturated heterocycles. The van der Waals surface area contributed by atoms with E-state index >= 15 is 4.39 Å². The van der Waals surface area contributed by atoms with Crippen molar-refractivity contribution in [3.8, 4) is 11.1 Å². The highest BCUT2D eigenvalue weighted by molar-refractivity contribution is 6.00. The summed E-state index contributed by atoms with van der Waals surface area (Å²) in [4.78, 5) is 43.3. The molecule has 38 heavy (non-hydrogen) atoms. The summed E-state index contributed by atoms with van der Waals surface area (Å²) in [5, 5.41) is 6.57. The van der Waals surface area contributed by atoms with Crippen LogP contribution in [-0.2, 0) is 14.4 Å². The molecule has 3 amide bonds. The highest BCUT2D eigenvalue weighted by Crippen LogP contribution is 2.36. The van der Waals surface area contributed by atoms with E-state index in [2.05, 4.69) is 20.6 Å². The van der Waals surface area contributed by atoms with Gasteiger partial charge in [-0.3, -0.25) is 19.4 Å². The molecule has 2 heterocycles. The average molecular weight is 524 g/mol. The number of carbonyl (C=O) groups is 3. The van der Waals surface area contributed by atoms with Crippen LogP contribution in [0.2, 0.25) is 0 Å². The average Bonchev–Trinajstić information content (AvgIpc) is 2.87. The summed E-state index contributed by atoms with van der Waals surface area (Å²) >= 11 is 0. The quantitative estimate of drug-likeness (QED) is 0.168. The van der Waals surface area contributed by atoms with Crippen molar-refractivity contribution in [2.45, 2.75) is 58.3 Å². The highest BCUT2D eigenvalue weighted by atomic mass is 19.1. The number of aromatic nitrogens is 2. The molecule has 2 aromatic heterocycles. The van der Waals surface area contributed by atoms with E-state index in [-0.39, 0.29) is 41.8 Å². The molecule has 11 heteroatoms. The fourth-order valence-electron chi connectivity index (χ4n) is 4.08. The Bertz CT molecular complexity index is 1330. The van der Waals surface area contributed by atoms with E-state index in [0.717, 1.165) is 25.7 Å². The predicted octanol–water partition coefficient (Wildman–Crippen LogP) is 3.57. The standard InChI is InChI=1S/C27H34FN7O3/c1-16-19(13-32-15-21(16)29)18-11-17-12-23(34-14-20(17)27(31)26(18)28)35-25(38)9-6-8-24(37)33-10-5-3-2-4-7-22(30)36/h11-15H,2-10,29,31H2,1H3,(H2,30,36)(H,33,37)(H,34,35,38). The van der Waals surface area contributed by atoms with Gasteiger partial charge in [0.05, 0.1) is 17.6 Å². The lowest BCUT2D eigenvalue weighted by atomic mass is 9.97. The molecule has 8 N–H and O–H groups in total. The number of unbranched alkanes of at least 4 members (excludes halogenated alkanes) is 3. The van der Waals surface area contributed by atoms with E-state index < -0.39 is 5.82 Å². The number of primary amides is 1. The lowest BCUT2D eigenvalue weighted by Crippen LogP contribution is -2.24. The Morgan fingerprint density at radius 3 is 2.39 bits per heavy atom. The van der Waals surface area contributed by atoms with Crippen LogP contribution in [0.4, 0.5) is 21.6 Å². The van der Waals surface area contributed by atoms with E-state index in [9.17, 15) is 14.4 Å². The van der Waals surface area contributed by atoms with Crippen LogP contribution in [0.3, 0.4) is 0 Å². The molecule has 0 fully saturated rings. The molecule has 0 spiro atoms. The maximum atomic E-state index is 15.1. The molecule has 0 saturated carbocycles. The van der Waals surface area contributed by atoms with E-state index in [0.29, 0.717) is 52.8 Å². The Morgan fingerprint density at radius 2 is 1.63 bits per heavy atom. The molecule has 0 atom stereocenters. The fraction of sp³-hybridized carbons (Fsp3) is 0.370. The normalized spacial score (nSPS) is 10.9. The molecule has 0 aliphatic carbocycles. The van der Waals surface area contributed by atoms with Gasteiger partial charge in [0, 0.05) is 54.7 Å². The van der Waals surface area contributed by atoms with Crippen molar-refractivity contribution < 1.29 is 18.8 Å². The third-order valence-corrected chi connectivity index (χ3v) is 6.29. The number of nitrogens with one attached hydrogen (secondary N) is 2. The Balaban J connectivity index is 1.52. The summed E-state index contributed by atoms with van der Waals surface area (Å²) in [6.45, 7) is 2.33. The molecule has 3 aromatic rings. The summed E-state index contributed by atoms with van der Waals surface area (Å²) < 4.78 is 15.1. The number of nitrogen functional groups attached to an aromatic ring is 2. The maximum Gasteiger partial charge on any atom is 0.225 e. The molecule has 0 bridgehead atoms. The number of amides is 3. The number of anilines is 3. The van der Waals surface area contributed by atoms with Crippen LogP contribution in [0, 0.1) is 12.7 Å². The number of halogens is 1. The van der Waals surface area contributed by atoms with Gasteiger partial charge in [0.15, 0.2) is 5.82 Å². The van der Waals surface area contributed by atoms with Gasteiger partial charge in [-0.1, -0.05) is 12.8 Å². The van der Waals surface area contributed by atoms with Gasteiger partial charge in [-0.2, -0.15) is 0 Å². The summed E-state index contributed by atoms with van der Waals surface area (Å²) in [5.74, 6) is -0.995. The van der Waals surface area contributed by atoms with E-state index in [4.69, 9.17) is 17.2 Å². The number of rotatable bonds is 13. The van der Waals surface area contributed by atoms with Gasteiger partial charge in [0.25, 0.3) is 0 Å². The van der Waals surface area contributed by atoms with Crippen LogP contribution in [0.25, 0.3) is 21.9 Å². The van der Waals surface area contributed by atoms with Gasteiger partial charge >= 0.3 is 0 Å². The number of pyridine rings is 2. The van der Waals surface area contributed by atoms with Crippen molar-refractivity contribution in [1.29, 1.82) is 0 Å². The van der Waals surface area contributed by atoms with E-state index in [1.54, 1.807) is 19.1 Å². The van der Waals surface area contributed by atoms with Crippen molar-refractivity contribution in [1.82, 2.24) is 15.3 Å². The summed E-state index contributed by atoms with van der Waals surface area (Å²) in [7, 11) is 0. The monoisotopic (exact) mass is 523 g/mol. The largest absolute Gasteiger partial charge is 0.397 e. The molecule has 202 valence electrons. The smallest absolute Gasteiger partial charge is 0.225 e. The van der Waals surface area contributed by atoms with Gasteiger partial charge in [0.2, 0.25) is 17.7 Å². The van der Waals surface area contributed by atoms with Crippen LogP contribution in [0.1, 0.15) is 56.9 Å². The minimum atomic E-state index is -0.590. The Hall–Kier alpha value is -4.28. The van der Waals surface area contributed by atoms with Crippen molar-refractivity contribution >= 4 is 45.7 Å². The predicted molar refractivity (Wildman–Crippen MR) is 146 cm³/mol. The Kier molecular flexibility index (Phi) is 9.92. The first-order valence-electron chi connectivity index (χ1n) is 12.6. The molecule has 0 aliphatic rings. The van der Waals surface area contributed by atoms with Gasteiger partial charge in [-0.25, -0.2) is 9.37 Å². The third-order valence-electron chi connectivity index (χ3n) is 6.29. The zero-order valence-corrected chi connectivity index (χ0v) is 21.5. The zero-order chi connectivity index (χ0) is 27.7. The van der Waals surface area contributed by atoms with Crippen molar-refractivity contribution in [2.75, 3.05) is 23.3 Å². The molecule has 0 unspecified atom stereocenters. The number of fused-ring (bicyclic) bond motifs is 1. The number of nitrogens with zero attached hydrogens (tertiary/aromatic N) is 2. The lowest BCUT2D eigenvalue weighted by Gasteiger charge is -2.13. The van der Waals surface area contributed by atoms with E-state index in [1.165, 1.54) is 18.6 Å². The van der Waals surface area contributed by atoms with Gasteiger partial charge in [0.1, 0.15) is 5.82 Å². The molecule has 0 aliphatic heterocycles. The Labute approximate surface area is 220 Å². The van der Waals surface area contributed by atoms with Crippen molar-refractivity contribution in [3.63, 3.8) is 0 Å². The van der Waals surface area contributed by atoms with Crippen molar-refractivity contribution in [3.05, 3.63) is 42.1 Å². The molecular formula is C27H34FN7O3.